The van der Waals surface area contributed by atoms with Crippen LogP contribution in [0, 0.1) is 0 Å². The fourth-order valence-electron chi connectivity index (χ4n) is 1.30. The molecule has 0 unspecified atom stereocenters. The van der Waals surface area contributed by atoms with Crippen molar-refractivity contribution in [3.63, 3.8) is 0 Å². The zero-order valence-corrected chi connectivity index (χ0v) is 9.84. The second-order valence-corrected chi connectivity index (χ2v) is 5.30. The molecule has 5 nitrogen and oxygen atoms in total. The van der Waals surface area contributed by atoms with Gasteiger partial charge in [0.15, 0.2) is 9.84 Å². The van der Waals surface area contributed by atoms with Crippen molar-refractivity contribution in [2.75, 3.05) is 18.1 Å². The van der Waals surface area contributed by atoms with E-state index in [0.29, 0.717) is 12.2 Å². The van der Waals surface area contributed by atoms with Gasteiger partial charge in [-0.3, -0.25) is 0 Å². The summed E-state index contributed by atoms with van der Waals surface area (Å²) >= 11 is 0. The quantitative estimate of drug-likeness (QED) is 0.830. The molecule has 0 heterocycles. The van der Waals surface area contributed by atoms with Crippen molar-refractivity contribution in [1.29, 1.82) is 0 Å². The number of anilines is 1. The Morgan fingerprint density at radius 1 is 1.44 bits per heavy atom. The Kier molecular flexibility index (Phi) is 3.54. The van der Waals surface area contributed by atoms with Gasteiger partial charge in [-0.15, -0.1) is 0 Å². The zero-order chi connectivity index (χ0) is 12.3. The van der Waals surface area contributed by atoms with E-state index < -0.39 is 15.8 Å². The van der Waals surface area contributed by atoms with Crippen LogP contribution in [0.25, 0.3) is 0 Å². The predicted molar refractivity (Wildman–Crippen MR) is 60.7 cm³/mol. The second kappa shape index (κ2) is 4.52. The van der Waals surface area contributed by atoms with Gasteiger partial charge in [-0.1, -0.05) is 0 Å². The number of benzene rings is 1. The highest BCUT2D eigenvalue weighted by Crippen LogP contribution is 2.22. The van der Waals surface area contributed by atoms with Gasteiger partial charge >= 0.3 is 5.97 Å². The van der Waals surface area contributed by atoms with Gasteiger partial charge in [0.2, 0.25) is 0 Å². The van der Waals surface area contributed by atoms with Gasteiger partial charge in [0.05, 0.1) is 16.1 Å². The monoisotopic (exact) mass is 243 g/mol. The molecule has 6 heteroatoms. The van der Waals surface area contributed by atoms with Gasteiger partial charge in [-0.05, 0) is 25.1 Å². The van der Waals surface area contributed by atoms with Crippen molar-refractivity contribution in [2.45, 2.75) is 11.8 Å². The molecule has 88 valence electrons. The Bertz CT molecular complexity index is 508. The lowest BCUT2D eigenvalue weighted by molar-refractivity contribution is 0.0696. The minimum absolute atomic E-state index is 0.00856. The standard InChI is InChI=1S/C10H13NO4S/c1-3-11-8-5-4-7(10(12)13)6-9(8)16(2,14)15/h4-6,11H,3H2,1-2H3,(H,12,13). The van der Waals surface area contributed by atoms with Crippen LogP contribution in [0.4, 0.5) is 5.69 Å². The van der Waals surface area contributed by atoms with Crippen LogP contribution in [0.2, 0.25) is 0 Å². The number of carboxylic acid groups (broad SMARTS) is 1. The van der Waals surface area contributed by atoms with Crippen molar-refractivity contribution in [1.82, 2.24) is 0 Å². The molecule has 2 N–H and O–H groups in total. The van der Waals surface area contributed by atoms with Crippen LogP contribution in [0.15, 0.2) is 23.1 Å². The Morgan fingerprint density at radius 3 is 2.50 bits per heavy atom. The molecular weight excluding hydrogens is 230 g/mol. The van der Waals surface area contributed by atoms with Crippen LogP contribution in [0.1, 0.15) is 17.3 Å². The molecule has 1 aromatic carbocycles. The van der Waals surface area contributed by atoms with Gasteiger partial charge in [-0.2, -0.15) is 0 Å². The summed E-state index contributed by atoms with van der Waals surface area (Å²) in [6.07, 6.45) is 1.05. The Morgan fingerprint density at radius 2 is 2.06 bits per heavy atom. The molecule has 0 amide bonds. The molecule has 1 aromatic rings. The van der Waals surface area contributed by atoms with Crippen molar-refractivity contribution < 1.29 is 18.3 Å². The van der Waals surface area contributed by atoms with Gasteiger partial charge < -0.3 is 10.4 Å². The second-order valence-electron chi connectivity index (χ2n) is 3.32. The molecule has 0 aliphatic heterocycles. The largest absolute Gasteiger partial charge is 0.478 e. The first-order valence-electron chi connectivity index (χ1n) is 4.67. The number of rotatable bonds is 4. The normalized spacial score (nSPS) is 11.1. The van der Waals surface area contributed by atoms with Gasteiger partial charge in [-0.25, -0.2) is 13.2 Å². The minimum Gasteiger partial charge on any atom is -0.478 e. The average Bonchev–Trinajstić information content (AvgIpc) is 2.16. The van der Waals surface area contributed by atoms with E-state index in [9.17, 15) is 13.2 Å². The summed E-state index contributed by atoms with van der Waals surface area (Å²) in [6, 6.07) is 3.99. The first-order chi connectivity index (χ1) is 7.36. The van der Waals surface area contributed by atoms with Gasteiger partial charge in [0, 0.05) is 12.8 Å². The highest BCUT2D eigenvalue weighted by atomic mass is 32.2. The molecule has 1 rings (SSSR count). The number of hydrogen-bond donors (Lipinski definition) is 2. The van der Waals surface area contributed by atoms with E-state index >= 15 is 0 Å². The summed E-state index contributed by atoms with van der Waals surface area (Å²) < 4.78 is 22.9. The van der Waals surface area contributed by atoms with Crippen LogP contribution in [-0.4, -0.2) is 32.3 Å². The smallest absolute Gasteiger partial charge is 0.335 e. The molecule has 0 aromatic heterocycles. The molecule has 0 spiro atoms. The summed E-state index contributed by atoms with van der Waals surface area (Å²) in [5.41, 5.74) is 0.386. The van der Waals surface area contributed by atoms with E-state index in [4.69, 9.17) is 5.11 Å². The Hall–Kier alpha value is -1.56. The van der Waals surface area contributed by atoms with Crippen molar-refractivity contribution in [3.8, 4) is 0 Å². The number of carbonyl (C=O) groups is 1. The lowest BCUT2D eigenvalue weighted by Gasteiger charge is -2.09. The fourth-order valence-corrected chi connectivity index (χ4v) is 2.18. The molecule has 0 atom stereocenters. The summed E-state index contributed by atoms with van der Waals surface area (Å²) in [5.74, 6) is -1.15. The fraction of sp³-hybridized carbons (Fsp3) is 0.300. The Balaban J connectivity index is 3.39. The molecule has 0 aliphatic carbocycles. The van der Waals surface area contributed by atoms with E-state index in [2.05, 4.69) is 5.32 Å². The van der Waals surface area contributed by atoms with Gasteiger partial charge in [0.1, 0.15) is 0 Å². The third kappa shape index (κ3) is 2.73. The van der Waals surface area contributed by atoms with E-state index in [1.165, 1.54) is 12.1 Å². The van der Waals surface area contributed by atoms with E-state index in [0.717, 1.165) is 12.3 Å². The maximum Gasteiger partial charge on any atom is 0.335 e. The molecule has 16 heavy (non-hydrogen) atoms. The van der Waals surface area contributed by atoms with E-state index in [1.54, 1.807) is 0 Å². The van der Waals surface area contributed by atoms with E-state index in [-0.39, 0.29) is 10.5 Å². The average molecular weight is 243 g/mol. The maximum atomic E-state index is 11.5. The van der Waals surface area contributed by atoms with Crippen LogP contribution in [0.3, 0.4) is 0 Å². The SMILES string of the molecule is CCNc1ccc(C(=O)O)cc1S(C)(=O)=O. The number of nitrogens with one attached hydrogen (secondary N) is 1. The maximum absolute atomic E-state index is 11.5. The lowest BCUT2D eigenvalue weighted by Crippen LogP contribution is -2.08. The first kappa shape index (κ1) is 12.5. The van der Waals surface area contributed by atoms with Crippen molar-refractivity contribution >= 4 is 21.5 Å². The minimum atomic E-state index is -3.44. The molecule has 0 radical (unpaired) electrons. The predicted octanol–water partition coefficient (Wildman–Crippen LogP) is 1.22. The number of hydrogen-bond acceptors (Lipinski definition) is 4. The van der Waals surface area contributed by atoms with Crippen molar-refractivity contribution in [3.05, 3.63) is 23.8 Å². The van der Waals surface area contributed by atoms with Crippen LogP contribution in [0.5, 0.6) is 0 Å². The first-order valence-corrected chi connectivity index (χ1v) is 6.56. The number of sulfone groups is 1. The zero-order valence-electron chi connectivity index (χ0n) is 9.02. The van der Waals surface area contributed by atoms with Crippen LogP contribution < -0.4 is 5.32 Å². The lowest BCUT2D eigenvalue weighted by atomic mass is 10.2. The topological polar surface area (TPSA) is 83.5 Å². The number of carboxylic acids is 1. The molecule has 0 bridgehead atoms. The van der Waals surface area contributed by atoms with E-state index in [1.807, 2.05) is 6.92 Å². The number of aromatic carboxylic acids is 1. The highest BCUT2D eigenvalue weighted by molar-refractivity contribution is 7.90. The summed E-state index contributed by atoms with van der Waals surface area (Å²) in [7, 11) is -3.44. The van der Waals surface area contributed by atoms with Gasteiger partial charge in [0.25, 0.3) is 0 Å². The summed E-state index contributed by atoms with van der Waals surface area (Å²) in [6.45, 7) is 2.39. The summed E-state index contributed by atoms with van der Waals surface area (Å²) in [5, 5.41) is 11.7. The molecule has 0 fully saturated rings. The Labute approximate surface area is 94.0 Å². The molecule has 0 saturated heterocycles. The third-order valence-electron chi connectivity index (χ3n) is 2.00. The molecular formula is C10H13NO4S. The van der Waals surface area contributed by atoms with Crippen LogP contribution >= 0.6 is 0 Å². The third-order valence-corrected chi connectivity index (χ3v) is 3.13. The molecule has 0 aliphatic rings. The molecule has 0 saturated carbocycles. The van der Waals surface area contributed by atoms with Crippen molar-refractivity contribution in [2.24, 2.45) is 0 Å². The van der Waals surface area contributed by atoms with Crippen LogP contribution in [-0.2, 0) is 9.84 Å². The summed E-state index contributed by atoms with van der Waals surface area (Å²) in [4.78, 5) is 10.7. The highest BCUT2D eigenvalue weighted by Gasteiger charge is 2.15.